The van der Waals surface area contributed by atoms with Gasteiger partial charge in [0.2, 0.25) is 0 Å². The number of nitriles is 1. The molecule has 2 amide bonds. The van der Waals surface area contributed by atoms with Crippen LogP contribution in [0, 0.1) is 11.3 Å². The molecule has 0 N–H and O–H groups in total. The Balaban J connectivity index is 3.85. The van der Waals surface area contributed by atoms with Gasteiger partial charge in [0.25, 0.3) is 0 Å². The van der Waals surface area contributed by atoms with Gasteiger partial charge < -0.3 is 9.80 Å². The molecule has 0 radical (unpaired) electrons. The summed E-state index contributed by atoms with van der Waals surface area (Å²) in [4.78, 5) is 14.5. The van der Waals surface area contributed by atoms with Crippen LogP contribution >= 0.6 is 0 Å². The van der Waals surface area contributed by atoms with Crippen LogP contribution in [0.2, 0.25) is 0 Å². The summed E-state index contributed by atoms with van der Waals surface area (Å²) < 4.78 is 0. The molecule has 0 aromatic heterocycles. The fourth-order valence-electron chi connectivity index (χ4n) is 0.740. The lowest BCUT2D eigenvalue weighted by molar-refractivity contribution is 0.176. The van der Waals surface area contributed by atoms with Gasteiger partial charge in [-0.1, -0.05) is 0 Å². The number of hydrogen-bond acceptors (Lipinski definition) is 2. The molecule has 0 aliphatic carbocycles. The van der Waals surface area contributed by atoms with E-state index in [0.717, 1.165) is 0 Å². The molecule has 0 bridgehead atoms. The summed E-state index contributed by atoms with van der Waals surface area (Å²) in [5.74, 6) is 0. The van der Waals surface area contributed by atoms with Gasteiger partial charge in [0, 0.05) is 27.2 Å². The Morgan fingerprint density at radius 1 is 1.42 bits per heavy atom. The van der Waals surface area contributed by atoms with Crippen LogP contribution in [-0.2, 0) is 0 Å². The van der Waals surface area contributed by atoms with Crippen LogP contribution in [0.3, 0.4) is 0 Å². The molecule has 0 spiro atoms. The molecule has 0 aliphatic rings. The smallest absolute Gasteiger partial charge is 0.319 e. The molecule has 4 heteroatoms. The second-order valence-electron chi connectivity index (χ2n) is 2.63. The Morgan fingerprint density at radius 3 is 2.42 bits per heavy atom. The monoisotopic (exact) mass is 169 g/mol. The summed E-state index contributed by atoms with van der Waals surface area (Å²) in [6.07, 6.45) is 0.389. The number of nitrogens with zero attached hydrogens (tertiary/aromatic N) is 3. The van der Waals surface area contributed by atoms with Gasteiger partial charge in [0.1, 0.15) is 0 Å². The van der Waals surface area contributed by atoms with E-state index >= 15 is 0 Å². The van der Waals surface area contributed by atoms with Crippen molar-refractivity contribution in [2.24, 2.45) is 0 Å². The second kappa shape index (κ2) is 5.42. The van der Waals surface area contributed by atoms with Crippen LogP contribution in [-0.4, -0.2) is 43.0 Å². The van der Waals surface area contributed by atoms with E-state index in [1.54, 1.807) is 23.9 Å². The average molecular weight is 169 g/mol. The highest BCUT2D eigenvalue weighted by molar-refractivity contribution is 5.73. The van der Waals surface area contributed by atoms with Crippen molar-refractivity contribution in [1.82, 2.24) is 9.80 Å². The summed E-state index contributed by atoms with van der Waals surface area (Å²) in [7, 11) is 3.44. The SMILES string of the molecule is CCN(C)C(=O)N(C)CCC#N. The van der Waals surface area contributed by atoms with Crippen molar-refractivity contribution in [1.29, 1.82) is 5.26 Å². The molecule has 0 aromatic rings. The fraction of sp³-hybridized carbons (Fsp3) is 0.750. The summed E-state index contributed by atoms with van der Waals surface area (Å²) in [6, 6.07) is 1.96. The summed E-state index contributed by atoms with van der Waals surface area (Å²) in [6.45, 7) is 3.10. The van der Waals surface area contributed by atoms with Crippen LogP contribution in [0.15, 0.2) is 0 Å². The molecule has 0 unspecified atom stereocenters. The lowest BCUT2D eigenvalue weighted by Gasteiger charge is -2.22. The predicted molar refractivity (Wildman–Crippen MR) is 46.6 cm³/mol. The Labute approximate surface area is 73.4 Å². The molecule has 12 heavy (non-hydrogen) atoms. The topological polar surface area (TPSA) is 47.3 Å². The lowest BCUT2D eigenvalue weighted by atomic mass is 10.4. The molecule has 0 atom stereocenters. The Bertz CT molecular complexity index is 185. The fourth-order valence-corrected chi connectivity index (χ4v) is 0.740. The second-order valence-corrected chi connectivity index (χ2v) is 2.63. The van der Waals surface area contributed by atoms with Crippen LogP contribution < -0.4 is 0 Å². The van der Waals surface area contributed by atoms with Gasteiger partial charge >= 0.3 is 6.03 Å². The molecule has 4 nitrogen and oxygen atoms in total. The minimum atomic E-state index is -0.0345. The minimum Gasteiger partial charge on any atom is -0.328 e. The van der Waals surface area contributed by atoms with Crippen molar-refractivity contribution >= 4 is 6.03 Å². The van der Waals surface area contributed by atoms with Gasteiger partial charge in [-0.25, -0.2) is 4.79 Å². The summed E-state index contributed by atoms with van der Waals surface area (Å²) in [5, 5.41) is 8.29. The van der Waals surface area contributed by atoms with Gasteiger partial charge in [-0.2, -0.15) is 5.26 Å². The molecule has 0 aliphatic heterocycles. The van der Waals surface area contributed by atoms with Gasteiger partial charge in [-0.3, -0.25) is 0 Å². The van der Waals surface area contributed by atoms with Crippen LogP contribution in [0.5, 0.6) is 0 Å². The molecule has 68 valence electrons. The van der Waals surface area contributed by atoms with Gasteiger partial charge in [0.15, 0.2) is 0 Å². The number of carbonyl (C=O) groups excluding carboxylic acids is 1. The Morgan fingerprint density at radius 2 is 2.00 bits per heavy atom. The third-order valence-corrected chi connectivity index (χ3v) is 1.69. The van der Waals surface area contributed by atoms with Crippen LogP contribution in [0.25, 0.3) is 0 Å². The summed E-state index contributed by atoms with van der Waals surface area (Å²) in [5.41, 5.74) is 0. The zero-order valence-corrected chi connectivity index (χ0v) is 7.87. The molecular formula is C8H15N3O. The number of carbonyl (C=O) groups is 1. The van der Waals surface area contributed by atoms with Crippen molar-refractivity contribution in [3.63, 3.8) is 0 Å². The van der Waals surface area contributed by atoms with E-state index in [4.69, 9.17) is 5.26 Å². The van der Waals surface area contributed by atoms with E-state index in [0.29, 0.717) is 19.5 Å². The van der Waals surface area contributed by atoms with Gasteiger partial charge in [0.05, 0.1) is 12.5 Å². The average Bonchev–Trinajstić information content (AvgIpc) is 2.11. The van der Waals surface area contributed by atoms with E-state index in [-0.39, 0.29) is 6.03 Å². The third-order valence-electron chi connectivity index (χ3n) is 1.69. The largest absolute Gasteiger partial charge is 0.328 e. The first-order valence-electron chi connectivity index (χ1n) is 3.96. The van der Waals surface area contributed by atoms with Crippen molar-refractivity contribution in [3.8, 4) is 6.07 Å². The van der Waals surface area contributed by atoms with E-state index in [1.807, 2.05) is 13.0 Å². The van der Waals surface area contributed by atoms with Crippen LogP contribution in [0.4, 0.5) is 4.79 Å². The van der Waals surface area contributed by atoms with Crippen molar-refractivity contribution in [2.75, 3.05) is 27.2 Å². The highest BCUT2D eigenvalue weighted by atomic mass is 16.2. The number of rotatable bonds is 3. The predicted octanol–water partition coefficient (Wildman–Crippen LogP) is 0.904. The van der Waals surface area contributed by atoms with Crippen LogP contribution in [0.1, 0.15) is 13.3 Å². The molecular weight excluding hydrogens is 154 g/mol. The van der Waals surface area contributed by atoms with Gasteiger partial charge in [-0.05, 0) is 6.92 Å². The maximum atomic E-state index is 11.3. The van der Waals surface area contributed by atoms with E-state index in [2.05, 4.69) is 0 Å². The molecule has 0 aromatic carbocycles. The zero-order chi connectivity index (χ0) is 9.56. The standard InChI is InChI=1S/C8H15N3O/c1-4-10(2)8(12)11(3)7-5-6-9/h4-5,7H2,1-3H3. The maximum Gasteiger partial charge on any atom is 0.319 e. The minimum absolute atomic E-state index is 0.0345. The van der Waals surface area contributed by atoms with E-state index in [9.17, 15) is 4.79 Å². The zero-order valence-electron chi connectivity index (χ0n) is 7.87. The maximum absolute atomic E-state index is 11.3. The molecule has 0 rings (SSSR count). The third kappa shape index (κ3) is 3.24. The highest BCUT2D eigenvalue weighted by Crippen LogP contribution is 1.94. The molecule has 0 heterocycles. The molecule has 0 saturated heterocycles. The van der Waals surface area contributed by atoms with E-state index < -0.39 is 0 Å². The van der Waals surface area contributed by atoms with Crippen molar-refractivity contribution in [2.45, 2.75) is 13.3 Å². The first-order chi connectivity index (χ1) is 5.63. The number of hydrogen-bond donors (Lipinski definition) is 0. The highest BCUT2D eigenvalue weighted by Gasteiger charge is 2.10. The lowest BCUT2D eigenvalue weighted by Crippen LogP contribution is -2.38. The quantitative estimate of drug-likeness (QED) is 0.630. The Kier molecular flexibility index (Phi) is 4.86. The van der Waals surface area contributed by atoms with Gasteiger partial charge in [-0.15, -0.1) is 0 Å². The Hall–Kier alpha value is -1.24. The number of amides is 2. The van der Waals surface area contributed by atoms with Crippen molar-refractivity contribution in [3.05, 3.63) is 0 Å². The molecule has 0 saturated carbocycles. The summed E-state index contributed by atoms with van der Waals surface area (Å²) >= 11 is 0. The van der Waals surface area contributed by atoms with E-state index in [1.165, 1.54) is 0 Å². The first-order valence-corrected chi connectivity index (χ1v) is 3.96. The number of urea groups is 1. The normalized spacial score (nSPS) is 8.83. The molecule has 0 fully saturated rings. The first kappa shape index (κ1) is 10.8. The van der Waals surface area contributed by atoms with Crippen molar-refractivity contribution < 1.29 is 4.79 Å².